The third-order valence-electron chi connectivity index (χ3n) is 1.38. The molecule has 0 spiro atoms. The van der Waals surface area contributed by atoms with E-state index in [4.69, 9.17) is 0 Å². The van der Waals surface area contributed by atoms with Gasteiger partial charge in [-0.1, -0.05) is 22.6 Å². The first kappa shape index (κ1) is 10.9. The molecular formula is C6H10IN3O2S. The van der Waals surface area contributed by atoms with Crippen molar-refractivity contribution < 1.29 is 8.42 Å². The van der Waals surface area contributed by atoms with Crippen LogP contribution in [-0.4, -0.2) is 29.2 Å². The van der Waals surface area contributed by atoms with Gasteiger partial charge in [0.05, 0.1) is 6.20 Å². The van der Waals surface area contributed by atoms with Gasteiger partial charge in [0.15, 0.2) is 0 Å². The molecule has 0 aliphatic heterocycles. The van der Waals surface area contributed by atoms with Crippen LogP contribution in [0.5, 0.6) is 0 Å². The smallest absolute Gasteiger partial charge is 0.243 e. The maximum Gasteiger partial charge on any atom is 0.243 e. The highest BCUT2D eigenvalue weighted by molar-refractivity contribution is 14.1. The van der Waals surface area contributed by atoms with Crippen LogP contribution >= 0.6 is 22.6 Å². The fourth-order valence-corrected chi connectivity index (χ4v) is 2.44. The van der Waals surface area contributed by atoms with Gasteiger partial charge in [-0.15, -0.1) is 0 Å². The summed E-state index contributed by atoms with van der Waals surface area (Å²) in [6.45, 7) is 0.442. The molecular weight excluding hydrogens is 305 g/mol. The average Bonchev–Trinajstić information content (AvgIpc) is 2.49. The molecule has 0 radical (unpaired) electrons. The van der Waals surface area contributed by atoms with Crippen molar-refractivity contribution in [2.75, 3.05) is 11.0 Å². The molecule has 0 unspecified atom stereocenters. The van der Waals surface area contributed by atoms with Crippen LogP contribution in [0.4, 0.5) is 0 Å². The number of rotatable bonds is 4. The SMILES string of the molecule is Cn1cc(S(=O)(=O)NCCI)cn1. The van der Waals surface area contributed by atoms with Gasteiger partial charge in [-0.2, -0.15) is 5.10 Å². The van der Waals surface area contributed by atoms with E-state index in [-0.39, 0.29) is 4.90 Å². The van der Waals surface area contributed by atoms with Crippen molar-refractivity contribution in [1.82, 2.24) is 14.5 Å². The van der Waals surface area contributed by atoms with E-state index >= 15 is 0 Å². The van der Waals surface area contributed by atoms with Crippen molar-refractivity contribution in [1.29, 1.82) is 0 Å². The molecule has 7 heteroatoms. The molecule has 13 heavy (non-hydrogen) atoms. The average molecular weight is 315 g/mol. The van der Waals surface area contributed by atoms with Crippen LogP contribution in [0.3, 0.4) is 0 Å². The maximum absolute atomic E-state index is 11.4. The Balaban J connectivity index is 2.82. The first-order chi connectivity index (χ1) is 6.06. The quantitative estimate of drug-likeness (QED) is 0.635. The second-order valence-corrected chi connectivity index (χ2v) is 5.28. The number of alkyl halides is 1. The van der Waals surface area contributed by atoms with Gasteiger partial charge in [0.2, 0.25) is 10.0 Å². The normalized spacial score (nSPS) is 11.8. The van der Waals surface area contributed by atoms with E-state index in [1.165, 1.54) is 17.1 Å². The van der Waals surface area contributed by atoms with E-state index < -0.39 is 10.0 Å². The fraction of sp³-hybridized carbons (Fsp3) is 0.500. The molecule has 0 saturated heterocycles. The van der Waals surface area contributed by atoms with E-state index in [2.05, 4.69) is 32.4 Å². The van der Waals surface area contributed by atoms with E-state index in [9.17, 15) is 8.42 Å². The van der Waals surface area contributed by atoms with Crippen molar-refractivity contribution in [3.05, 3.63) is 12.4 Å². The standard InChI is InChI=1S/C6H10IN3O2S/c1-10-5-6(4-8-10)13(11,12)9-3-2-7/h4-5,9H,2-3H2,1H3. The topological polar surface area (TPSA) is 64.0 Å². The second-order valence-electron chi connectivity index (χ2n) is 2.44. The van der Waals surface area contributed by atoms with Gasteiger partial charge in [0, 0.05) is 24.2 Å². The number of nitrogens with zero attached hydrogens (tertiary/aromatic N) is 2. The van der Waals surface area contributed by atoms with Crippen LogP contribution in [0, 0.1) is 0 Å². The predicted octanol–water partition coefficient (Wildman–Crippen LogP) is 0.133. The van der Waals surface area contributed by atoms with E-state index in [1.807, 2.05) is 0 Å². The molecule has 1 aromatic heterocycles. The van der Waals surface area contributed by atoms with Crippen LogP contribution in [0.2, 0.25) is 0 Å². The van der Waals surface area contributed by atoms with E-state index in [1.54, 1.807) is 7.05 Å². The van der Waals surface area contributed by atoms with E-state index in [0.29, 0.717) is 6.54 Å². The minimum atomic E-state index is -3.34. The first-order valence-corrected chi connectivity index (χ1v) is 6.61. The number of aryl methyl sites for hydroxylation is 1. The zero-order chi connectivity index (χ0) is 9.90. The lowest BCUT2D eigenvalue weighted by atomic mass is 10.7. The van der Waals surface area contributed by atoms with Gasteiger partial charge in [0.1, 0.15) is 4.90 Å². The summed E-state index contributed by atoms with van der Waals surface area (Å²) < 4.78 is 27.5. The molecule has 1 heterocycles. The van der Waals surface area contributed by atoms with Crippen molar-refractivity contribution in [2.24, 2.45) is 7.05 Å². The molecule has 1 rings (SSSR count). The van der Waals surface area contributed by atoms with Gasteiger partial charge in [-0.25, -0.2) is 13.1 Å². The number of nitrogens with one attached hydrogen (secondary N) is 1. The third kappa shape index (κ3) is 2.92. The molecule has 0 atom stereocenters. The van der Waals surface area contributed by atoms with Gasteiger partial charge < -0.3 is 0 Å². The van der Waals surface area contributed by atoms with Crippen LogP contribution in [0.1, 0.15) is 0 Å². The van der Waals surface area contributed by atoms with Gasteiger partial charge in [0.25, 0.3) is 0 Å². The van der Waals surface area contributed by atoms with Gasteiger partial charge in [-0.3, -0.25) is 4.68 Å². The fourth-order valence-electron chi connectivity index (χ4n) is 0.794. The number of aromatic nitrogens is 2. The molecule has 0 amide bonds. The molecule has 74 valence electrons. The van der Waals surface area contributed by atoms with Gasteiger partial charge in [-0.05, 0) is 0 Å². The summed E-state index contributed by atoms with van der Waals surface area (Å²) in [6, 6.07) is 0. The lowest BCUT2D eigenvalue weighted by molar-refractivity contribution is 0.584. The van der Waals surface area contributed by atoms with Gasteiger partial charge >= 0.3 is 0 Å². The Bertz CT molecular complexity index is 373. The molecule has 0 aromatic carbocycles. The summed E-state index contributed by atoms with van der Waals surface area (Å²) in [5.74, 6) is 0. The Morgan fingerprint density at radius 3 is 2.85 bits per heavy atom. The summed E-state index contributed by atoms with van der Waals surface area (Å²) >= 11 is 2.10. The zero-order valence-corrected chi connectivity index (χ0v) is 10.0. The Kier molecular flexibility index (Phi) is 3.68. The Hall–Kier alpha value is -0.150. The van der Waals surface area contributed by atoms with Crippen LogP contribution in [0.15, 0.2) is 17.3 Å². The summed E-state index contributed by atoms with van der Waals surface area (Å²) in [7, 11) is -1.66. The lowest BCUT2D eigenvalue weighted by Gasteiger charge is -2.00. The Morgan fingerprint density at radius 1 is 1.69 bits per heavy atom. The molecule has 0 aliphatic carbocycles. The minimum absolute atomic E-state index is 0.208. The summed E-state index contributed by atoms with van der Waals surface area (Å²) in [5.41, 5.74) is 0. The summed E-state index contributed by atoms with van der Waals surface area (Å²) in [6.07, 6.45) is 2.80. The molecule has 0 fully saturated rings. The molecule has 5 nitrogen and oxygen atoms in total. The molecule has 1 N–H and O–H groups in total. The van der Waals surface area contributed by atoms with Crippen molar-refractivity contribution in [2.45, 2.75) is 4.90 Å². The highest BCUT2D eigenvalue weighted by atomic mass is 127. The van der Waals surface area contributed by atoms with Crippen LogP contribution in [0.25, 0.3) is 0 Å². The minimum Gasteiger partial charge on any atom is -0.274 e. The summed E-state index contributed by atoms with van der Waals surface area (Å²) in [4.78, 5) is 0.208. The Labute approximate surface area is 90.7 Å². The van der Waals surface area contributed by atoms with Crippen LogP contribution < -0.4 is 4.72 Å². The van der Waals surface area contributed by atoms with E-state index in [0.717, 1.165) is 4.43 Å². The lowest BCUT2D eigenvalue weighted by Crippen LogP contribution is -2.25. The van der Waals surface area contributed by atoms with Crippen molar-refractivity contribution in [3.8, 4) is 0 Å². The van der Waals surface area contributed by atoms with Crippen LogP contribution in [-0.2, 0) is 17.1 Å². The third-order valence-corrected chi connectivity index (χ3v) is 3.33. The largest absolute Gasteiger partial charge is 0.274 e. The highest BCUT2D eigenvalue weighted by Crippen LogP contribution is 2.05. The number of hydrogen-bond acceptors (Lipinski definition) is 3. The zero-order valence-electron chi connectivity index (χ0n) is 7.07. The maximum atomic E-state index is 11.4. The molecule has 0 saturated carbocycles. The number of sulfonamides is 1. The molecule has 0 aliphatic rings. The number of halogens is 1. The monoisotopic (exact) mass is 315 g/mol. The predicted molar refractivity (Wildman–Crippen MR) is 57.3 cm³/mol. The van der Waals surface area contributed by atoms with Crippen molar-refractivity contribution >= 4 is 32.6 Å². The summed E-state index contributed by atoms with van der Waals surface area (Å²) in [5, 5.41) is 3.79. The Morgan fingerprint density at radius 2 is 2.38 bits per heavy atom. The van der Waals surface area contributed by atoms with Crippen molar-refractivity contribution in [3.63, 3.8) is 0 Å². The first-order valence-electron chi connectivity index (χ1n) is 3.60. The second kappa shape index (κ2) is 4.38. The highest BCUT2D eigenvalue weighted by Gasteiger charge is 2.14. The number of hydrogen-bond donors (Lipinski definition) is 1. The molecule has 1 aromatic rings. The molecule has 0 bridgehead atoms.